The molecule has 1 N–H and O–H groups in total. The van der Waals surface area contributed by atoms with Gasteiger partial charge in [-0.25, -0.2) is 0 Å². The highest BCUT2D eigenvalue weighted by atomic mass is 16.5. The van der Waals surface area contributed by atoms with Gasteiger partial charge in [-0.1, -0.05) is 32.1 Å². The number of nitrogens with one attached hydrogen (secondary N) is 1. The molecule has 0 aliphatic heterocycles. The number of benzene rings is 1. The van der Waals surface area contributed by atoms with Crippen molar-refractivity contribution in [1.29, 1.82) is 0 Å². The van der Waals surface area contributed by atoms with E-state index in [9.17, 15) is 9.70 Å². The minimum atomic E-state index is 0.0365. The Hall–Kier alpha value is -2.17. The average molecular weight is 318 g/mol. The molecule has 0 spiro atoms. The molecule has 126 valence electrons. The van der Waals surface area contributed by atoms with Gasteiger partial charge in [0.15, 0.2) is 0 Å². The first kappa shape index (κ1) is 18.9. The minimum absolute atomic E-state index is 0.0365. The number of methoxy groups -OCH3 is 1. The number of carbonyl (C=O) groups is 1. The van der Waals surface area contributed by atoms with Crippen molar-refractivity contribution in [2.75, 3.05) is 7.11 Å². The maximum Gasteiger partial charge on any atom is 0.220 e. The van der Waals surface area contributed by atoms with Crippen molar-refractivity contribution in [3.63, 3.8) is 0 Å². The third-order valence-corrected chi connectivity index (χ3v) is 3.38. The van der Waals surface area contributed by atoms with Gasteiger partial charge in [-0.2, -0.15) is 0 Å². The molecule has 0 aliphatic rings. The Labute approximate surface area is 138 Å². The van der Waals surface area contributed by atoms with Gasteiger partial charge in [0.2, 0.25) is 5.91 Å². The zero-order valence-electron chi connectivity index (χ0n) is 14.2. The molecule has 23 heavy (non-hydrogen) atoms. The van der Waals surface area contributed by atoms with E-state index in [1.54, 1.807) is 18.2 Å². The second-order valence-electron chi connectivity index (χ2n) is 5.79. The fourth-order valence-electron chi connectivity index (χ4n) is 2.11. The first-order chi connectivity index (χ1) is 11.1. The van der Waals surface area contributed by atoms with Crippen LogP contribution >= 0.6 is 0 Å². The van der Waals surface area contributed by atoms with Crippen molar-refractivity contribution in [2.24, 2.45) is 11.1 Å². The molecule has 0 aliphatic carbocycles. The van der Waals surface area contributed by atoms with E-state index in [4.69, 9.17) is 4.74 Å². The van der Waals surface area contributed by atoms with E-state index in [1.807, 2.05) is 0 Å². The van der Waals surface area contributed by atoms with Crippen LogP contribution in [0, 0.1) is 10.8 Å². The topological polar surface area (TPSA) is 67.8 Å². The maximum atomic E-state index is 11.8. The lowest BCUT2D eigenvalue weighted by molar-refractivity contribution is -0.121. The van der Waals surface area contributed by atoms with Crippen molar-refractivity contribution in [1.82, 2.24) is 5.32 Å². The van der Waals surface area contributed by atoms with Crippen molar-refractivity contribution >= 4 is 11.6 Å². The molecule has 0 heterocycles. The molecule has 0 aromatic heterocycles. The summed E-state index contributed by atoms with van der Waals surface area (Å²) < 4.78 is 5.09. The summed E-state index contributed by atoms with van der Waals surface area (Å²) in [4.78, 5) is 22.4. The third kappa shape index (κ3) is 7.58. The molecule has 1 amide bonds. The van der Waals surface area contributed by atoms with Gasteiger partial charge < -0.3 is 10.1 Å². The first-order valence-electron chi connectivity index (χ1n) is 8.00. The van der Waals surface area contributed by atoms with Crippen LogP contribution in [-0.4, -0.2) is 13.0 Å². The summed E-state index contributed by atoms with van der Waals surface area (Å²) in [7, 11) is 1.49. The Morgan fingerprint density at radius 3 is 2.78 bits per heavy atom. The zero-order valence-corrected chi connectivity index (χ0v) is 14.2. The van der Waals surface area contributed by atoms with Crippen LogP contribution < -0.4 is 10.1 Å². The van der Waals surface area contributed by atoms with Gasteiger partial charge in [0.25, 0.3) is 0 Å². The zero-order chi connectivity index (χ0) is 17.1. The number of unbranched alkanes of at least 4 members (excludes halogenated alkanes) is 2. The number of carbonyl (C=O) groups excluding carboxylic acids is 1. The largest absolute Gasteiger partial charge is 0.494 e. The van der Waals surface area contributed by atoms with E-state index in [0.29, 0.717) is 24.6 Å². The number of ether oxygens (including phenoxy) is 1. The number of nitrogens with zero attached hydrogens (tertiary/aromatic N) is 1. The highest BCUT2D eigenvalue weighted by molar-refractivity contribution is 5.75. The van der Waals surface area contributed by atoms with Crippen molar-refractivity contribution in [3.8, 4) is 5.75 Å². The molecule has 1 aromatic rings. The molecule has 0 fully saturated rings. The van der Waals surface area contributed by atoms with Gasteiger partial charge in [0.05, 0.1) is 7.11 Å². The van der Waals surface area contributed by atoms with Gasteiger partial charge in [0.1, 0.15) is 11.4 Å². The molecular formula is C18H26N2O3. The summed E-state index contributed by atoms with van der Waals surface area (Å²) >= 11 is 0. The summed E-state index contributed by atoms with van der Waals surface area (Å²) in [6.07, 6.45) is 7.81. The summed E-state index contributed by atoms with van der Waals surface area (Å²) in [5.74, 6) is 1.04. The number of amides is 1. The van der Waals surface area contributed by atoms with E-state index in [0.717, 1.165) is 24.8 Å². The number of hydrogen-bond donors (Lipinski definition) is 1. The van der Waals surface area contributed by atoms with Crippen molar-refractivity contribution < 1.29 is 9.53 Å². The Morgan fingerprint density at radius 1 is 1.35 bits per heavy atom. The van der Waals surface area contributed by atoms with Gasteiger partial charge in [0, 0.05) is 13.0 Å². The SMILES string of the molecule is COc1cc(CNC(=O)CCCC/C=C/C(C)C)ccc1N=O. The number of allylic oxidation sites excluding steroid dienone is 2. The predicted molar refractivity (Wildman–Crippen MR) is 92.7 cm³/mol. The Morgan fingerprint density at radius 2 is 2.13 bits per heavy atom. The third-order valence-electron chi connectivity index (χ3n) is 3.38. The molecule has 5 heteroatoms. The van der Waals surface area contributed by atoms with Gasteiger partial charge >= 0.3 is 0 Å². The van der Waals surface area contributed by atoms with Crippen LogP contribution in [0.15, 0.2) is 35.5 Å². The lowest BCUT2D eigenvalue weighted by atomic mass is 10.1. The Kier molecular flexibility index (Phi) is 8.65. The fourth-order valence-corrected chi connectivity index (χ4v) is 2.11. The molecule has 1 rings (SSSR count). The Bertz CT molecular complexity index is 539. The highest BCUT2D eigenvalue weighted by Gasteiger charge is 2.06. The van der Waals surface area contributed by atoms with Crippen molar-refractivity contribution in [3.05, 3.63) is 40.8 Å². The highest BCUT2D eigenvalue weighted by Crippen LogP contribution is 2.27. The van der Waals surface area contributed by atoms with Crippen LogP contribution in [0.25, 0.3) is 0 Å². The van der Waals surface area contributed by atoms with Crippen LogP contribution in [0.2, 0.25) is 0 Å². The quantitative estimate of drug-likeness (QED) is 0.393. The number of hydrogen-bond acceptors (Lipinski definition) is 4. The molecule has 0 radical (unpaired) electrons. The van der Waals surface area contributed by atoms with Crippen LogP contribution in [0.5, 0.6) is 5.75 Å². The average Bonchev–Trinajstić information content (AvgIpc) is 2.55. The summed E-state index contributed by atoms with van der Waals surface area (Å²) in [5.41, 5.74) is 1.14. The van der Waals surface area contributed by atoms with Gasteiger partial charge in [-0.3, -0.25) is 4.79 Å². The van der Waals surface area contributed by atoms with Crippen LogP contribution in [0.3, 0.4) is 0 Å². The van der Waals surface area contributed by atoms with Gasteiger partial charge in [-0.05, 0) is 48.1 Å². The van der Waals surface area contributed by atoms with E-state index in [2.05, 4.69) is 36.5 Å². The Balaban J connectivity index is 2.29. The molecule has 1 aromatic carbocycles. The van der Waals surface area contributed by atoms with Crippen LogP contribution in [-0.2, 0) is 11.3 Å². The maximum absolute atomic E-state index is 11.8. The molecule has 0 saturated heterocycles. The predicted octanol–water partition coefficient (Wildman–Crippen LogP) is 4.48. The summed E-state index contributed by atoms with van der Waals surface area (Å²) in [5, 5.41) is 5.76. The molecule has 5 nitrogen and oxygen atoms in total. The van der Waals surface area contributed by atoms with E-state index < -0.39 is 0 Å². The van der Waals surface area contributed by atoms with Crippen LogP contribution in [0.1, 0.15) is 45.1 Å². The second kappa shape index (κ2) is 10.5. The normalized spacial score (nSPS) is 11.0. The number of nitroso groups, excluding NO2 is 1. The molecule has 0 unspecified atom stereocenters. The first-order valence-corrected chi connectivity index (χ1v) is 8.00. The summed E-state index contributed by atoms with van der Waals surface area (Å²) in [6, 6.07) is 5.07. The summed E-state index contributed by atoms with van der Waals surface area (Å²) in [6.45, 7) is 4.72. The lowest BCUT2D eigenvalue weighted by Crippen LogP contribution is -2.22. The molecule has 0 saturated carbocycles. The van der Waals surface area contributed by atoms with E-state index in [1.165, 1.54) is 7.11 Å². The smallest absolute Gasteiger partial charge is 0.220 e. The van der Waals surface area contributed by atoms with E-state index in [-0.39, 0.29) is 11.6 Å². The van der Waals surface area contributed by atoms with Crippen LogP contribution in [0.4, 0.5) is 5.69 Å². The molecule has 0 bridgehead atoms. The van der Waals surface area contributed by atoms with E-state index >= 15 is 0 Å². The standard InChI is InChI=1S/C18H26N2O3/c1-14(2)8-6-4-5-7-9-18(21)19-13-15-10-11-16(20-22)17(12-15)23-3/h6,8,10-12,14H,4-5,7,9,13H2,1-3H3,(H,19,21)/b8-6+. The molecule has 0 atom stereocenters. The van der Waals surface area contributed by atoms with Crippen molar-refractivity contribution in [2.45, 2.75) is 46.1 Å². The van der Waals surface area contributed by atoms with Gasteiger partial charge in [-0.15, -0.1) is 4.91 Å². The fraction of sp³-hybridized carbons (Fsp3) is 0.500. The molecular weight excluding hydrogens is 292 g/mol. The second-order valence-corrected chi connectivity index (χ2v) is 5.79. The lowest BCUT2D eigenvalue weighted by Gasteiger charge is -2.08. The monoisotopic (exact) mass is 318 g/mol. The number of rotatable bonds is 10. The minimum Gasteiger partial charge on any atom is -0.494 e.